The van der Waals surface area contributed by atoms with Crippen molar-refractivity contribution in [2.75, 3.05) is 22.1 Å². The second-order valence-electron chi connectivity index (χ2n) is 6.47. The summed E-state index contributed by atoms with van der Waals surface area (Å²) < 4.78 is 26.3. The number of benzene rings is 2. The number of anilines is 2. The minimum atomic E-state index is -3.64. The van der Waals surface area contributed by atoms with Crippen molar-refractivity contribution >= 4 is 39.1 Å². The maximum Gasteiger partial charge on any atom is 0.248 e. The molecule has 0 aliphatic rings. The van der Waals surface area contributed by atoms with Gasteiger partial charge >= 0.3 is 0 Å². The molecule has 1 amide bonds. The third-order valence-corrected chi connectivity index (χ3v) is 6.32. The molecule has 1 N–H and O–H groups in total. The summed E-state index contributed by atoms with van der Waals surface area (Å²) in [6, 6.07) is 12.1. The summed E-state index contributed by atoms with van der Waals surface area (Å²) in [5, 5.41) is 2.86. The van der Waals surface area contributed by atoms with Crippen LogP contribution in [0.1, 0.15) is 24.5 Å². The van der Waals surface area contributed by atoms with Gasteiger partial charge in [-0.2, -0.15) is 0 Å². The Morgan fingerprint density at radius 2 is 1.85 bits per heavy atom. The largest absolute Gasteiger partial charge is 0.324 e. The standard InChI is InChI=1S/C20H26N2O3S2/c1-6-19(20(23)21-16-8-7-9-18(13-16)26-4)22(27(5,24)25)17-11-10-14(2)15(3)12-17/h7-13,19H,6H2,1-5H3,(H,21,23)/t19-/m1/s1. The molecule has 0 fully saturated rings. The second-order valence-corrected chi connectivity index (χ2v) is 9.21. The van der Waals surface area contributed by atoms with Crippen LogP contribution in [0.25, 0.3) is 0 Å². The van der Waals surface area contributed by atoms with Crippen LogP contribution < -0.4 is 9.62 Å². The fourth-order valence-corrected chi connectivity index (χ4v) is 4.51. The molecule has 0 bridgehead atoms. The molecule has 2 rings (SSSR count). The third kappa shape index (κ3) is 5.26. The molecule has 146 valence electrons. The van der Waals surface area contributed by atoms with Gasteiger partial charge in [0, 0.05) is 10.6 Å². The van der Waals surface area contributed by atoms with Crippen molar-refractivity contribution in [2.24, 2.45) is 0 Å². The lowest BCUT2D eigenvalue weighted by Gasteiger charge is -2.30. The predicted octanol–water partition coefficient (Wildman–Crippen LogP) is 4.21. The number of aryl methyl sites for hydroxylation is 2. The Bertz CT molecular complexity index is 927. The third-order valence-electron chi connectivity index (χ3n) is 4.41. The average molecular weight is 407 g/mol. The molecule has 5 nitrogen and oxygen atoms in total. The zero-order chi connectivity index (χ0) is 20.2. The predicted molar refractivity (Wildman–Crippen MR) is 114 cm³/mol. The van der Waals surface area contributed by atoms with E-state index in [0.29, 0.717) is 17.8 Å². The van der Waals surface area contributed by atoms with Crippen LogP contribution in [0.3, 0.4) is 0 Å². The average Bonchev–Trinajstić information content (AvgIpc) is 2.61. The van der Waals surface area contributed by atoms with E-state index in [1.165, 1.54) is 4.31 Å². The van der Waals surface area contributed by atoms with Crippen molar-refractivity contribution in [1.29, 1.82) is 0 Å². The Morgan fingerprint density at radius 3 is 2.41 bits per heavy atom. The molecule has 1 atom stereocenters. The zero-order valence-electron chi connectivity index (χ0n) is 16.3. The van der Waals surface area contributed by atoms with Gasteiger partial charge in [0.25, 0.3) is 0 Å². The van der Waals surface area contributed by atoms with Gasteiger partial charge in [0.2, 0.25) is 15.9 Å². The van der Waals surface area contributed by atoms with Crippen molar-refractivity contribution in [3.63, 3.8) is 0 Å². The number of amides is 1. The van der Waals surface area contributed by atoms with E-state index in [0.717, 1.165) is 22.3 Å². The number of sulfonamides is 1. The number of rotatable bonds is 7. The molecule has 0 aromatic heterocycles. The summed E-state index contributed by atoms with van der Waals surface area (Å²) in [5.74, 6) is -0.348. The summed E-state index contributed by atoms with van der Waals surface area (Å²) in [7, 11) is -3.64. The van der Waals surface area contributed by atoms with E-state index in [9.17, 15) is 13.2 Å². The molecule has 0 heterocycles. The van der Waals surface area contributed by atoms with Gasteiger partial charge in [0.15, 0.2) is 0 Å². The second kappa shape index (κ2) is 8.80. The molecule has 0 saturated carbocycles. The van der Waals surface area contributed by atoms with Crippen LogP contribution in [0.4, 0.5) is 11.4 Å². The molecule has 2 aromatic rings. The SMILES string of the molecule is CC[C@H](C(=O)Nc1cccc(SC)c1)N(c1ccc(C)c(C)c1)S(C)(=O)=O. The molecule has 0 aliphatic heterocycles. The summed E-state index contributed by atoms with van der Waals surface area (Å²) in [5.41, 5.74) is 3.20. The molecule has 7 heteroatoms. The van der Waals surface area contributed by atoms with Crippen molar-refractivity contribution in [2.45, 2.75) is 38.1 Å². The van der Waals surface area contributed by atoms with Gasteiger partial charge in [-0.1, -0.05) is 19.1 Å². The van der Waals surface area contributed by atoms with E-state index in [4.69, 9.17) is 0 Å². The van der Waals surface area contributed by atoms with Crippen LogP contribution in [0.5, 0.6) is 0 Å². The molecular formula is C20H26N2O3S2. The van der Waals surface area contributed by atoms with E-state index >= 15 is 0 Å². The van der Waals surface area contributed by atoms with Crippen molar-refractivity contribution in [3.8, 4) is 0 Å². The molecule has 2 aromatic carbocycles. The number of hydrogen-bond acceptors (Lipinski definition) is 4. The van der Waals surface area contributed by atoms with Gasteiger partial charge in [-0.3, -0.25) is 9.10 Å². The summed E-state index contributed by atoms with van der Waals surface area (Å²) in [6.45, 7) is 5.70. The summed E-state index contributed by atoms with van der Waals surface area (Å²) in [4.78, 5) is 14.0. The highest BCUT2D eigenvalue weighted by Gasteiger charge is 2.31. The molecule has 27 heavy (non-hydrogen) atoms. The topological polar surface area (TPSA) is 66.5 Å². The van der Waals surface area contributed by atoms with Crippen LogP contribution in [0.2, 0.25) is 0 Å². The van der Waals surface area contributed by atoms with Gasteiger partial charge < -0.3 is 5.32 Å². The molecule has 0 unspecified atom stereocenters. The highest BCUT2D eigenvalue weighted by Crippen LogP contribution is 2.26. The number of carbonyl (C=O) groups excluding carboxylic acids is 1. The van der Waals surface area contributed by atoms with Crippen LogP contribution in [0.15, 0.2) is 47.4 Å². The van der Waals surface area contributed by atoms with E-state index in [2.05, 4.69) is 5.32 Å². The van der Waals surface area contributed by atoms with Crippen LogP contribution in [-0.2, 0) is 14.8 Å². The minimum absolute atomic E-state index is 0.348. The molecular weight excluding hydrogens is 380 g/mol. The first-order valence-corrected chi connectivity index (χ1v) is 11.8. The molecule has 0 radical (unpaired) electrons. The Labute approximate surface area is 166 Å². The van der Waals surface area contributed by atoms with Gasteiger partial charge in [-0.05, 0) is 68.0 Å². The smallest absolute Gasteiger partial charge is 0.248 e. The monoisotopic (exact) mass is 406 g/mol. The first-order chi connectivity index (χ1) is 12.7. The number of hydrogen-bond donors (Lipinski definition) is 1. The first-order valence-electron chi connectivity index (χ1n) is 8.69. The Hall–Kier alpha value is -1.99. The fraction of sp³-hybridized carbons (Fsp3) is 0.350. The van der Waals surface area contributed by atoms with Crippen molar-refractivity contribution < 1.29 is 13.2 Å². The zero-order valence-corrected chi connectivity index (χ0v) is 17.9. The number of nitrogens with zero attached hydrogens (tertiary/aromatic N) is 1. The van der Waals surface area contributed by atoms with Gasteiger partial charge in [-0.15, -0.1) is 11.8 Å². The lowest BCUT2D eigenvalue weighted by Crippen LogP contribution is -2.47. The van der Waals surface area contributed by atoms with Crippen LogP contribution >= 0.6 is 11.8 Å². The fourth-order valence-electron chi connectivity index (χ4n) is 2.85. The number of carbonyl (C=O) groups is 1. The Balaban J connectivity index is 2.39. The van der Waals surface area contributed by atoms with Gasteiger partial charge in [0.1, 0.15) is 6.04 Å². The van der Waals surface area contributed by atoms with E-state index in [1.807, 2.05) is 51.3 Å². The molecule has 0 saturated heterocycles. The lowest BCUT2D eigenvalue weighted by molar-refractivity contribution is -0.117. The van der Waals surface area contributed by atoms with E-state index in [1.54, 1.807) is 30.0 Å². The number of nitrogens with one attached hydrogen (secondary N) is 1. The van der Waals surface area contributed by atoms with Crippen molar-refractivity contribution in [1.82, 2.24) is 0 Å². The van der Waals surface area contributed by atoms with Crippen LogP contribution in [0, 0.1) is 13.8 Å². The molecule has 0 spiro atoms. The van der Waals surface area contributed by atoms with Gasteiger partial charge in [0.05, 0.1) is 11.9 Å². The quantitative estimate of drug-likeness (QED) is 0.700. The normalized spacial score (nSPS) is 12.5. The highest BCUT2D eigenvalue weighted by molar-refractivity contribution is 7.98. The summed E-state index contributed by atoms with van der Waals surface area (Å²) >= 11 is 1.58. The Morgan fingerprint density at radius 1 is 1.15 bits per heavy atom. The van der Waals surface area contributed by atoms with Crippen LogP contribution in [-0.4, -0.2) is 32.9 Å². The lowest BCUT2D eigenvalue weighted by atomic mass is 10.1. The summed E-state index contributed by atoms with van der Waals surface area (Å²) in [6.07, 6.45) is 3.45. The highest BCUT2D eigenvalue weighted by atomic mass is 32.2. The first kappa shape index (κ1) is 21.3. The van der Waals surface area contributed by atoms with E-state index < -0.39 is 16.1 Å². The molecule has 0 aliphatic carbocycles. The van der Waals surface area contributed by atoms with E-state index in [-0.39, 0.29) is 5.91 Å². The maximum atomic E-state index is 12.9. The Kier molecular flexibility index (Phi) is 6.95. The number of thioether (sulfide) groups is 1. The maximum absolute atomic E-state index is 12.9. The minimum Gasteiger partial charge on any atom is -0.324 e. The van der Waals surface area contributed by atoms with Gasteiger partial charge in [-0.25, -0.2) is 8.42 Å². The van der Waals surface area contributed by atoms with Crippen molar-refractivity contribution in [3.05, 3.63) is 53.6 Å².